The normalized spacial score (nSPS) is 10.4. The Morgan fingerprint density at radius 1 is 1.29 bits per heavy atom. The highest BCUT2D eigenvalue weighted by Crippen LogP contribution is 2.21. The molecule has 0 saturated carbocycles. The lowest BCUT2D eigenvalue weighted by Crippen LogP contribution is -2.27. The van der Waals surface area contributed by atoms with Gasteiger partial charge in [-0.15, -0.1) is 0 Å². The Bertz CT molecular complexity index is 756. The van der Waals surface area contributed by atoms with Crippen molar-refractivity contribution in [1.82, 2.24) is 4.57 Å². The summed E-state index contributed by atoms with van der Waals surface area (Å²) in [6, 6.07) is 4.93. The summed E-state index contributed by atoms with van der Waals surface area (Å²) in [5.74, 6) is -2.46. The Hall–Kier alpha value is -2.70. The van der Waals surface area contributed by atoms with Gasteiger partial charge >= 0.3 is 0 Å². The molecule has 0 spiro atoms. The van der Waals surface area contributed by atoms with Gasteiger partial charge in [0.05, 0.1) is 0 Å². The predicted octanol–water partition coefficient (Wildman–Crippen LogP) is 1.66. The molecule has 0 atom stereocenters. The largest absolute Gasteiger partial charge is 0.398 e. The topological polar surface area (TPSA) is 77.1 Å². The maximum absolute atomic E-state index is 13.8. The minimum absolute atomic E-state index is 0.202. The second kappa shape index (κ2) is 5.74. The van der Waals surface area contributed by atoms with Crippen LogP contribution in [0.15, 0.2) is 35.3 Å². The van der Waals surface area contributed by atoms with Crippen LogP contribution in [-0.4, -0.2) is 10.5 Å². The number of rotatable bonds is 3. The van der Waals surface area contributed by atoms with Crippen molar-refractivity contribution < 1.29 is 13.6 Å². The summed E-state index contributed by atoms with van der Waals surface area (Å²) < 4.78 is 28.3. The van der Waals surface area contributed by atoms with Crippen molar-refractivity contribution in [3.63, 3.8) is 0 Å². The first-order valence-corrected chi connectivity index (χ1v) is 6.09. The van der Waals surface area contributed by atoms with Gasteiger partial charge in [0.1, 0.15) is 18.0 Å². The van der Waals surface area contributed by atoms with Crippen LogP contribution in [-0.2, 0) is 11.3 Å². The van der Waals surface area contributed by atoms with E-state index in [1.165, 1.54) is 31.3 Å². The highest BCUT2D eigenvalue weighted by molar-refractivity contribution is 5.91. The maximum Gasteiger partial charge on any atom is 0.251 e. The summed E-state index contributed by atoms with van der Waals surface area (Å²) in [7, 11) is 0. The van der Waals surface area contributed by atoms with Crippen molar-refractivity contribution >= 4 is 17.3 Å². The van der Waals surface area contributed by atoms with Gasteiger partial charge < -0.3 is 15.6 Å². The lowest BCUT2D eigenvalue weighted by molar-refractivity contribution is -0.116. The molecule has 0 saturated heterocycles. The number of nitrogens with one attached hydrogen (secondary N) is 1. The zero-order valence-corrected chi connectivity index (χ0v) is 11.2. The van der Waals surface area contributed by atoms with Gasteiger partial charge in [0, 0.05) is 18.0 Å². The molecule has 2 rings (SSSR count). The number of hydrogen-bond acceptors (Lipinski definition) is 3. The number of aryl methyl sites for hydroxylation is 1. The molecule has 0 radical (unpaired) electrons. The lowest BCUT2D eigenvalue weighted by Gasteiger charge is -2.10. The van der Waals surface area contributed by atoms with Crippen LogP contribution >= 0.6 is 0 Å². The molecule has 0 aliphatic carbocycles. The first-order valence-electron chi connectivity index (χ1n) is 6.09. The molecule has 5 nitrogen and oxygen atoms in total. The van der Waals surface area contributed by atoms with Gasteiger partial charge in [0.2, 0.25) is 5.91 Å². The Morgan fingerprint density at radius 3 is 2.71 bits per heavy atom. The number of nitrogens with two attached hydrogens (primary N) is 1. The molecule has 110 valence electrons. The van der Waals surface area contributed by atoms with E-state index in [9.17, 15) is 18.4 Å². The smallest absolute Gasteiger partial charge is 0.251 e. The van der Waals surface area contributed by atoms with Crippen LogP contribution in [0.1, 0.15) is 5.56 Å². The first kappa shape index (κ1) is 14.7. The van der Waals surface area contributed by atoms with Gasteiger partial charge in [-0.05, 0) is 24.6 Å². The fourth-order valence-corrected chi connectivity index (χ4v) is 1.78. The van der Waals surface area contributed by atoms with E-state index in [1.54, 1.807) is 0 Å². The van der Waals surface area contributed by atoms with E-state index in [1.807, 2.05) is 0 Å². The van der Waals surface area contributed by atoms with Crippen LogP contribution in [0.5, 0.6) is 0 Å². The number of amides is 1. The third-order valence-corrected chi connectivity index (χ3v) is 2.87. The van der Waals surface area contributed by atoms with Crippen molar-refractivity contribution in [3.05, 3.63) is 58.0 Å². The van der Waals surface area contributed by atoms with E-state index in [0.29, 0.717) is 5.69 Å². The number of halogens is 2. The number of nitrogen functional groups attached to an aromatic ring is 1. The Morgan fingerprint density at radius 2 is 2.00 bits per heavy atom. The minimum atomic E-state index is -0.883. The standard InChI is InChI=1S/C14H13F2N3O2/c1-8-2-4-10(15)14(13(8)16)18-11(20)7-19-6-9(17)3-5-12(19)21/h2-6H,7,17H2,1H3,(H,18,20). The molecular formula is C14H13F2N3O2. The summed E-state index contributed by atoms with van der Waals surface area (Å²) in [4.78, 5) is 23.3. The van der Waals surface area contributed by atoms with Crippen LogP contribution in [0.2, 0.25) is 0 Å². The Kier molecular flexibility index (Phi) is 4.02. The zero-order valence-electron chi connectivity index (χ0n) is 11.2. The molecular weight excluding hydrogens is 280 g/mol. The molecule has 0 aliphatic rings. The summed E-state index contributed by atoms with van der Waals surface area (Å²) in [6.45, 7) is 1.06. The summed E-state index contributed by atoms with van der Waals surface area (Å²) in [5.41, 5.74) is 5.04. The van der Waals surface area contributed by atoms with Crippen LogP contribution in [0, 0.1) is 18.6 Å². The lowest BCUT2D eigenvalue weighted by atomic mass is 10.2. The number of nitrogens with zero attached hydrogens (tertiary/aromatic N) is 1. The average Bonchev–Trinajstić information content (AvgIpc) is 2.43. The quantitative estimate of drug-likeness (QED) is 0.903. The van der Waals surface area contributed by atoms with E-state index in [-0.39, 0.29) is 5.56 Å². The molecule has 0 bridgehead atoms. The molecule has 2 aromatic rings. The summed E-state index contributed by atoms with van der Waals surface area (Å²) in [5, 5.41) is 2.13. The number of carbonyl (C=O) groups is 1. The molecule has 0 unspecified atom stereocenters. The van der Waals surface area contributed by atoms with Crippen LogP contribution in [0.3, 0.4) is 0 Å². The van der Waals surface area contributed by atoms with Crippen molar-refractivity contribution in [3.8, 4) is 0 Å². The SMILES string of the molecule is Cc1ccc(F)c(NC(=O)Cn2cc(N)ccc2=O)c1F. The number of hydrogen-bond donors (Lipinski definition) is 2. The molecule has 3 N–H and O–H groups in total. The Labute approximate surface area is 119 Å². The molecule has 1 amide bonds. The fraction of sp³-hybridized carbons (Fsp3) is 0.143. The number of benzene rings is 1. The second-order valence-electron chi connectivity index (χ2n) is 4.53. The number of pyridine rings is 1. The molecule has 1 heterocycles. The van der Waals surface area contributed by atoms with E-state index in [2.05, 4.69) is 5.32 Å². The third kappa shape index (κ3) is 3.25. The van der Waals surface area contributed by atoms with Gasteiger partial charge in [-0.1, -0.05) is 6.07 Å². The van der Waals surface area contributed by atoms with Crippen LogP contribution < -0.4 is 16.6 Å². The first-order chi connectivity index (χ1) is 9.88. The van der Waals surface area contributed by atoms with Crippen LogP contribution in [0.4, 0.5) is 20.2 Å². The highest BCUT2D eigenvalue weighted by atomic mass is 19.1. The molecule has 1 aromatic heterocycles. The maximum atomic E-state index is 13.8. The van der Waals surface area contributed by atoms with Crippen molar-refractivity contribution in [2.24, 2.45) is 0 Å². The number of anilines is 2. The van der Waals surface area contributed by atoms with E-state index in [0.717, 1.165) is 10.6 Å². The van der Waals surface area contributed by atoms with E-state index >= 15 is 0 Å². The monoisotopic (exact) mass is 293 g/mol. The molecule has 1 aromatic carbocycles. The van der Waals surface area contributed by atoms with Gasteiger partial charge in [0.15, 0.2) is 5.82 Å². The summed E-state index contributed by atoms with van der Waals surface area (Å²) in [6.07, 6.45) is 1.28. The van der Waals surface area contributed by atoms with Crippen molar-refractivity contribution in [2.75, 3.05) is 11.1 Å². The Balaban J connectivity index is 2.22. The fourth-order valence-electron chi connectivity index (χ4n) is 1.78. The molecule has 0 fully saturated rings. The average molecular weight is 293 g/mol. The van der Waals surface area contributed by atoms with Crippen molar-refractivity contribution in [1.29, 1.82) is 0 Å². The second-order valence-corrected chi connectivity index (χ2v) is 4.53. The van der Waals surface area contributed by atoms with Gasteiger partial charge in [-0.25, -0.2) is 8.78 Å². The van der Waals surface area contributed by atoms with Gasteiger partial charge in [-0.2, -0.15) is 0 Å². The van der Waals surface area contributed by atoms with Gasteiger partial charge in [0.25, 0.3) is 5.56 Å². The van der Waals surface area contributed by atoms with E-state index in [4.69, 9.17) is 5.73 Å². The third-order valence-electron chi connectivity index (χ3n) is 2.87. The molecule has 21 heavy (non-hydrogen) atoms. The number of carbonyl (C=O) groups excluding carboxylic acids is 1. The highest BCUT2D eigenvalue weighted by Gasteiger charge is 2.14. The van der Waals surface area contributed by atoms with Crippen molar-refractivity contribution in [2.45, 2.75) is 13.5 Å². The zero-order chi connectivity index (χ0) is 15.6. The van der Waals surface area contributed by atoms with E-state index < -0.39 is 35.3 Å². The number of aromatic nitrogens is 1. The molecule has 7 heteroatoms. The summed E-state index contributed by atoms with van der Waals surface area (Å²) >= 11 is 0. The van der Waals surface area contributed by atoms with Gasteiger partial charge in [-0.3, -0.25) is 9.59 Å². The molecule has 0 aliphatic heterocycles. The minimum Gasteiger partial charge on any atom is -0.398 e. The van der Waals surface area contributed by atoms with Crippen LogP contribution in [0.25, 0.3) is 0 Å². The predicted molar refractivity (Wildman–Crippen MR) is 74.8 cm³/mol.